The van der Waals surface area contributed by atoms with Gasteiger partial charge in [-0.25, -0.2) is 4.39 Å². The third-order valence-electron chi connectivity index (χ3n) is 2.34. The summed E-state index contributed by atoms with van der Waals surface area (Å²) in [4.78, 5) is 0. The van der Waals surface area contributed by atoms with Crippen molar-refractivity contribution in [1.29, 1.82) is 0 Å². The van der Waals surface area contributed by atoms with Crippen molar-refractivity contribution in [2.45, 2.75) is 26.4 Å². The van der Waals surface area contributed by atoms with Crippen LogP contribution in [0.5, 0.6) is 0 Å². The van der Waals surface area contributed by atoms with Crippen molar-refractivity contribution >= 4 is 0 Å². The first-order valence-electron chi connectivity index (χ1n) is 4.44. The highest BCUT2D eigenvalue weighted by molar-refractivity contribution is 5.34. The zero-order chi connectivity index (χ0) is 10.1. The Bertz CT molecular complexity index is 305. The number of halogens is 1. The number of rotatable bonds is 2. The summed E-state index contributed by atoms with van der Waals surface area (Å²) in [5, 5.41) is 0. The van der Waals surface area contributed by atoms with Gasteiger partial charge < -0.3 is 5.73 Å². The van der Waals surface area contributed by atoms with Crippen LogP contribution in [0.1, 0.15) is 23.6 Å². The van der Waals surface area contributed by atoms with E-state index in [2.05, 4.69) is 0 Å². The molecule has 0 radical (unpaired) electrons. The van der Waals surface area contributed by atoms with E-state index in [0.29, 0.717) is 5.56 Å². The molecule has 0 saturated carbocycles. The Kier molecular flexibility index (Phi) is 2.71. The summed E-state index contributed by atoms with van der Waals surface area (Å²) in [6, 6.07) is 5.77. The maximum atomic E-state index is 13.9. The van der Waals surface area contributed by atoms with Gasteiger partial charge >= 0.3 is 0 Å². The van der Waals surface area contributed by atoms with Gasteiger partial charge in [-0.2, -0.15) is 0 Å². The summed E-state index contributed by atoms with van der Waals surface area (Å²) in [5.41, 5.74) is 6.71. The van der Waals surface area contributed by atoms with Crippen LogP contribution < -0.4 is 5.73 Å². The number of alkyl halides is 1. The zero-order valence-corrected chi connectivity index (χ0v) is 8.39. The quantitative estimate of drug-likeness (QED) is 0.745. The van der Waals surface area contributed by atoms with Gasteiger partial charge in [-0.05, 0) is 31.9 Å². The number of hydrogen-bond acceptors (Lipinski definition) is 1. The standard InChI is InChI=1S/C11H16FN/c1-8-4-5-9(2)10(6-8)11(3,12)7-13/h4-6H,7,13H2,1-3H3. The molecule has 0 aromatic heterocycles. The van der Waals surface area contributed by atoms with Crippen molar-refractivity contribution in [1.82, 2.24) is 0 Å². The highest BCUT2D eigenvalue weighted by atomic mass is 19.1. The van der Waals surface area contributed by atoms with Gasteiger partial charge in [-0.1, -0.05) is 23.8 Å². The van der Waals surface area contributed by atoms with E-state index < -0.39 is 5.67 Å². The lowest BCUT2D eigenvalue weighted by molar-refractivity contribution is 0.202. The second-order valence-electron chi connectivity index (χ2n) is 3.72. The van der Waals surface area contributed by atoms with Crippen LogP contribution in [0.15, 0.2) is 18.2 Å². The van der Waals surface area contributed by atoms with Gasteiger partial charge in [0, 0.05) is 6.54 Å². The Hall–Kier alpha value is -0.890. The molecule has 0 bridgehead atoms. The average Bonchev–Trinajstić information content (AvgIpc) is 2.09. The molecule has 1 aromatic carbocycles. The van der Waals surface area contributed by atoms with E-state index in [0.717, 1.165) is 11.1 Å². The molecule has 13 heavy (non-hydrogen) atoms. The Morgan fingerprint density at radius 2 is 2.00 bits per heavy atom. The number of nitrogens with two attached hydrogens (primary N) is 1. The molecule has 0 spiro atoms. The van der Waals surface area contributed by atoms with Crippen LogP contribution in [-0.4, -0.2) is 6.54 Å². The number of hydrogen-bond donors (Lipinski definition) is 1. The summed E-state index contributed by atoms with van der Waals surface area (Å²) < 4.78 is 13.9. The highest BCUT2D eigenvalue weighted by Crippen LogP contribution is 2.27. The molecule has 2 N–H and O–H groups in total. The predicted molar refractivity (Wildman–Crippen MR) is 53.4 cm³/mol. The van der Waals surface area contributed by atoms with Gasteiger partial charge in [0.25, 0.3) is 0 Å². The molecule has 1 nitrogen and oxygen atoms in total. The van der Waals surface area contributed by atoms with Crippen LogP contribution in [0.25, 0.3) is 0 Å². The molecule has 2 heteroatoms. The summed E-state index contributed by atoms with van der Waals surface area (Å²) in [5.74, 6) is 0. The highest BCUT2D eigenvalue weighted by Gasteiger charge is 2.25. The van der Waals surface area contributed by atoms with E-state index in [9.17, 15) is 4.39 Å². The van der Waals surface area contributed by atoms with Crippen LogP contribution in [0.3, 0.4) is 0 Å². The Labute approximate surface area is 78.8 Å². The van der Waals surface area contributed by atoms with Crippen molar-refractivity contribution in [3.8, 4) is 0 Å². The van der Waals surface area contributed by atoms with Gasteiger partial charge in [0.05, 0.1) is 0 Å². The monoisotopic (exact) mass is 181 g/mol. The fourth-order valence-electron chi connectivity index (χ4n) is 1.41. The van der Waals surface area contributed by atoms with Crippen LogP contribution in [-0.2, 0) is 5.67 Å². The minimum absolute atomic E-state index is 0.0251. The third kappa shape index (κ3) is 2.07. The predicted octanol–water partition coefficient (Wildman–Crippen LogP) is 2.45. The summed E-state index contributed by atoms with van der Waals surface area (Å²) in [6.45, 7) is 5.41. The second kappa shape index (κ2) is 3.46. The topological polar surface area (TPSA) is 26.0 Å². The smallest absolute Gasteiger partial charge is 0.145 e. The van der Waals surface area contributed by atoms with Gasteiger partial charge in [0.1, 0.15) is 5.67 Å². The molecule has 0 heterocycles. The maximum Gasteiger partial charge on any atom is 0.145 e. The molecular weight excluding hydrogens is 165 g/mol. The average molecular weight is 181 g/mol. The van der Waals surface area contributed by atoms with Crippen molar-refractivity contribution in [3.63, 3.8) is 0 Å². The normalized spacial score (nSPS) is 15.5. The minimum atomic E-state index is -1.41. The molecular formula is C11H16FN. The van der Waals surface area contributed by atoms with E-state index in [1.807, 2.05) is 32.0 Å². The Morgan fingerprint density at radius 1 is 1.38 bits per heavy atom. The molecule has 0 fully saturated rings. The first kappa shape index (κ1) is 10.2. The van der Waals surface area contributed by atoms with E-state index in [4.69, 9.17) is 5.73 Å². The summed E-state index contributed by atoms with van der Waals surface area (Å²) in [7, 11) is 0. The van der Waals surface area contributed by atoms with Crippen molar-refractivity contribution in [3.05, 3.63) is 34.9 Å². The summed E-state index contributed by atoms with van der Waals surface area (Å²) >= 11 is 0. The van der Waals surface area contributed by atoms with Gasteiger partial charge in [-0.3, -0.25) is 0 Å². The largest absolute Gasteiger partial charge is 0.327 e. The van der Waals surface area contributed by atoms with Gasteiger partial charge in [-0.15, -0.1) is 0 Å². The number of aryl methyl sites for hydroxylation is 2. The van der Waals surface area contributed by atoms with E-state index in [1.54, 1.807) is 0 Å². The molecule has 0 aliphatic heterocycles. The maximum absolute atomic E-state index is 13.9. The van der Waals surface area contributed by atoms with Crippen molar-refractivity contribution in [2.24, 2.45) is 5.73 Å². The van der Waals surface area contributed by atoms with Crippen LogP contribution in [0.4, 0.5) is 4.39 Å². The van der Waals surface area contributed by atoms with Gasteiger partial charge in [0.2, 0.25) is 0 Å². The lowest BCUT2D eigenvalue weighted by Crippen LogP contribution is -2.27. The van der Waals surface area contributed by atoms with Crippen molar-refractivity contribution in [2.75, 3.05) is 6.54 Å². The second-order valence-corrected chi connectivity index (χ2v) is 3.72. The lowest BCUT2D eigenvalue weighted by Gasteiger charge is -2.21. The van der Waals surface area contributed by atoms with Crippen LogP contribution in [0.2, 0.25) is 0 Å². The lowest BCUT2D eigenvalue weighted by atomic mass is 9.92. The fraction of sp³-hybridized carbons (Fsp3) is 0.455. The zero-order valence-electron chi connectivity index (χ0n) is 8.39. The van der Waals surface area contributed by atoms with Crippen LogP contribution in [0, 0.1) is 13.8 Å². The SMILES string of the molecule is Cc1ccc(C)c(C(C)(F)CN)c1. The molecule has 1 unspecified atom stereocenters. The molecule has 0 saturated heterocycles. The molecule has 1 aromatic rings. The van der Waals surface area contributed by atoms with Crippen molar-refractivity contribution < 1.29 is 4.39 Å². The fourth-order valence-corrected chi connectivity index (χ4v) is 1.41. The first-order valence-corrected chi connectivity index (χ1v) is 4.44. The molecule has 1 atom stereocenters. The minimum Gasteiger partial charge on any atom is -0.327 e. The number of benzene rings is 1. The summed E-state index contributed by atoms with van der Waals surface area (Å²) in [6.07, 6.45) is 0. The third-order valence-corrected chi connectivity index (χ3v) is 2.34. The Balaban J connectivity index is 3.20. The molecule has 0 aliphatic carbocycles. The molecule has 0 amide bonds. The first-order chi connectivity index (χ1) is 5.97. The van der Waals surface area contributed by atoms with E-state index in [-0.39, 0.29) is 6.54 Å². The van der Waals surface area contributed by atoms with E-state index >= 15 is 0 Å². The van der Waals surface area contributed by atoms with E-state index in [1.165, 1.54) is 6.92 Å². The molecule has 0 aliphatic rings. The Morgan fingerprint density at radius 3 is 2.54 bits per heavy atom. The molecule has 72 valence electrons. The van der Waals surface area contributed by atoms with Crippen LogP contribution >= 0.6 is 0 Å². The molecule has 1 rings (SSSR count). The van der Waals surface area contributed by atoms with Gasteiger partial charge in [0.15, 0.2) is 0 Å².